The SMILES string of the molecule is CCOc1cccc(N2CCN(C(=O)CCCn3c(=O)cc(Nc4ccc(C)c(CC)c4)[nH]c3=O)CC2)c1. The highest BCUT2D eigenvalue weighted by atomic mass is 16.5. The molecule has 1 fully saturated rings. The Bertz CT molecular complexity index is 1340. The van der Waals surface area contributed by atoms with E-state index in [1.54, 1.807) is 0 Å². The molecule has 3 aromatic rings. The average Bonchev–Trinajstić information content (AvgIpc) is 2.91. The van der Waals surface area contributed by atoms with Crippen molar-refractivity contribution in [3.05, 3.63) is 80.5 Å². The van der Waals surface area contributed by atoms with Crippen molar-refractivity contribution in [3.8, 4) is 5.75 Å². The fourth-order valence-electron chi connectivity index (χ4n) is 4.78. The number of aromatic amines is 1. The van der Waals surface area contributed by atoms with Gasteiger partial charge in [-0.1, -0.05) is 19.1 Å². The molecular weight excluding hydrogens is 482 g/mol. The number of aryl methyl sites for hydroxylation is 2. The Morgan fingerprint density at radius 1 is 1.03 bits per heavy atom. The number of amides is 1. The fourth-order valence-corrected chi connectivity index (χ4v) is 4.78. The minimum Gasteiger partial charge on any atom is -0.494 e. The van der Waals surface area contributed by atoms with Gasteiger partial charge in [-0.3, -0.25) is 19.1 Å². The highest BCUT2D eigenvalue weighted by Gasteiger charge is 2.21. The van der Waals surface area contributed by atoms with Crippen LogP contribution in [0.1, 0.15) is 37.8 Å². The minimum absolute atomic E-state index is 0.0431. The molecular formula is C29H37N5O4. The fraction of sp³-hybridized carbons (Fsp3) is 0.414. The Morgan fingerprint density at radius 3 is 2.53 bits per heavy atom. The van der Waals surface area contributed by atoms with E-state index < -0.39 is 11.2 Å². The molecule has 0 saturated carbocycles. The average molecular weight is 520 g/mol. The van der Waals surface area contributed by atoms with E-state index in [9.17, 15) is 14.4 Å². The second kappa shape index (κ2) is 12.5. The van der Waals surface area contributed by atoms with Crippen LogP contribution in [-0.2, 0) is 17.8 Å². The van der Waals surface area contributed by atoms with Crippen molar-refractivity contribution in [1.82, 2.24) is 14.5 Å². The largest absolute Gasteiger partial charge is 0.494 e. The lowest BCUT2D eigenvalue weighted by Crippen LogP contribution is -2.48. The van der Waals surface area contributed by atoms with Crippen molar-refractivity contribution in [2.24, 2.45) is 0 Å². The van der Waals surface area contributed by atoms with Crippen LogP contribution < -0.4 is 26.2 Å². The minimum atomic E-state index is -0.488. The Balaban J connectivity index is 1.28. The number of anilines is 3. The summed E-state index contributed by atoms with van der Waals surface area (Å²) in [4.78, 5) is 44.9. The summed E-state index contributed by atoms with van der Waals surface area (Å²) in [5.74, 6) is 1.24. The zero-order valence-electron chi connectivity index (χ0n) is 22.5. The topological polar surface area (TPSA) is 99.7 Å². The number of nitrogens with zero attached hydrogens (tertiary/aromatic N) is 3. The number of carbonyl (C=O) groups is 1. The molecule has 38 heavy (non-hydrogen) atoms. The zero-order chi connectivity index (χ0) is 27.1. The van der Waals surface area contributed by atoms with Crippen LogP contribution in [0.15, 0.2) is 58.1 Å². The third-order valence-electron chi connectivity index (χ3n) is 6.93. The summed E-state index contributed by atoms with van der Waals surface area (Å²) in [7, 11) is 0. The van der Waals surface area contributed by atoms with E-state index in [2.05, 4.69) is 35.1 Å². The first-order valence-electron chi connectivity index (χ1n) is 13.3. The number of benzene rings is 2. The third-order valence-corrected chi connectivity index (χ3v) is 6.93. The summed E-state index contributed by atoms with van der Waals surface area (Å²) < 4.78 is 6.74. The Labute approximate surface area is 223 Å². The van der Waals surface area contributed by atoms with E-state index in [0.717, 1.165) is 41.2 Å². The highest BCUT2D eigenvalue weighted by molar-refractivity contribution is 5.76. The molecule has 0 aliphatic carbocycles. The van der Waals surface area contributed by atoms with Gasteiger partial charge in [-0.2, -0.15) is 0 Å². The van der Waals surface area contributed by atoms with Gasteiger partial charge in [-0.05, 0) is 62.1 Å². The van der Waals surface area contributed by atoms with E-state index >= 15 is 0 Å². The molecule has 0 radical (unpaired) electrons. The van der Waals surface area contributed by atoms with Gasteiger partial charge in [0.2, 0.25) is 5.91 Å². The first-order valence-corrected chi connectivity index (χ1v) is 13.3. The first kappa shape index (κ1) is 27.0. The van der Waals surface area contributed by atoms with Crippen molar-refractivity contribution >= 4 is 23.1 Å². The number of piperazine rings is 1. The van der Waals surface area contributed by atoms with Gasteiger partial charge in [0.05, 0.1) is 6.61 Å². The molecule has 202 valence electrons. The molecule has 0 unspecified atom stereocenters. The molecule has 1 saturated heterocycles. The van der Waals surface area contributed by atoms with Gasteiger partial charge in [-0.15, -0.1) is 0 Å². The van der Waals surface area contributed by atoms with Crippen LogP contribution in [0.4, 0.5) is 17.2 Å². The van der Waals surface area contributed by atoms with Gasteiger partial charge in [0.1, 0.15) is 11.6 Å². The molecule has 0 spiro atoms. The maximum Gasteiger partial charge on any atom is 0.329 e. The normalized spacial score (nSPS) is 13.4. The first-order chi connectivity index (χ1) is 18.4. The number of nitrogens with one attached hydrogen (secondary N) is 2. The molecule has 9 nitrogen and oxygen atoms in total. The van der Waals surface area contributed by atoms with Gasteiger partial charge in [0.15, 0.2) is 0 Å². The lowest BCUT2D eigenvalue weighted by atomic mass is 10.1. The van der Waals surface area contributed by atoms with Crippen molar-refractivity contribution in [3.63, 3.8) is 0 Å². The number of H-pyrrole nitrogens is 1. The number of hydrogen-bond acceptors (Lipinski definition) is 6. The molecule has 2 aromatic carbocycles. The predicted molar refractivity (Wildman–Crippen MR) is 151 cm³/mol. The standard InChI is InChI=1S/C29H37N5O4/c1-4-22-18-23(12-11-21(22)3)30-26-20-28(36)34(29(37)31-26)13-7-10-27(35)33-16-14-32(15-17-33)24-8-6-9-25(19-24)38-5-2/h6,8-9,11-12,18-20,30H,4-5,7,10,13-17H2,1-3H3,(H,31,37). The van der Waals surface area contributed by atoms with E-state index in [4.69, 9.17) is 4.74 Å². The number of carbonyl (C=O) groups excluding carboxylic acids is 1. The number of rotatable bonds is 10. The molecule has 1 aliphatic rings. The summed E-state index contributed by atoms with van der Waals surface area (Å²) >= 11 is 0. The van der Waals surface area contributed by atoms with Crippen LogP contribution in [0.3, 0.4) is 0 Å². The van der Waals surface area contributed by atoms with Gasteiger partial charge >= 0.3 is 5.69 Å². The molecule has 2 heterocycles. The van der Waals surface area contributed by atoms with E-state index in [1.165, 1.54) is 17.2 Å². The molecule has 9 heteroatoms. The van der Waals surface area contributed by atoms with Gasteiger partial charge in [0, 0.05) is 62.7 Å². The smallest absolute Gasteiger partial charge is 0.329 e. The molecule has 0 atom stereocenters. The summed E-state index contributed by atoms with van der Waals surface area (Å²) in [6.07, 6.45) is 1.61. The van der Waals surface area contributed by atoms with Crippen molar-refractivity contribution in [2.45, 2.75) is 46.6 Å². The van der Waals surface area contributed by atoms with Crippen molar-refractivity contribution in [2.75, 3.05) is 43.0 Å². The van der Waals surface area contributed by atoms with Crippen LogP contribution in [0.2, 0.25) is 0 Å². The molecule has 2 N–H and O–H groups in total. The van der Waals surface area contributed by atoms with Crippen molar-refractivity contribution in [1.29, 1.82) is 0 Å². The third kappa shape index (κ3) is 6.65. The lowest BCUT2D eigenvalue weighted by molar-refractivity contribution is -0.131. The Morgan fingerprint density at radius 2 is 1.82 bits per heavy atom. The summed E-state index contributed by atoms with van der Waals surface area (Å²) in [6, 6.07) is 15.3. The monoisotopic (exact) mass is 519 g/mol. The lowest BCUT2D eigenvalue weighted by Gasteiger charge is -2.36. The maximum atomic E-state index is 12.8. The summed E-state index contributed by atoms with van der Waals surface area (Å²) in [6.45, 7) is 9.68. The van der Waals surface area contributed by atoms with Gasteiger partial charge in [-0.25, -0.2) is 4.79 Å². The molecule has 0 bridgehead atoms. The number of aromatic nitrogens is 2. The summed E-state index contributed by atoms with van der Waals surface area (Å²) in [5, 5.41) is 3.12. The van der Waals surface area contributed by atoms with Crippen LogP contribution >= 0.6 is 0 Å². The molecule has 1 aliphatic heterocycles. The van der Waals surface area contributed by atoms with E-state index in [0.29, 0.717) is 31.9 Å². The number of hydrogen-bond donors (Lipinski definition) is 2. The maximum absolute atomic E-state index is 12.8. The van der Waals surface area contributed by atoms with Crippen molar-refractivity contribution < 1.29 is 9.53 Å². The molecule has 4 rings (SSSR count). The van der Waals surface area contributed by atoms with Crippen LogP contribution in [0.5, 0.6) is 5.75 Å². The Kier molecular flexibility index (Phi) is 8.89. The quantitative estimate of drug-likeness (QED) is 0.424. The van der Waals surface area contributed by atoms with Gasteiger partial charge < -0.3 is 19.9 Å². The Hall–Kier alpha value is -4.01. The highest BCUT2D eigenvalue weighted by Crippen LogP contribution is 2.23. The van der Waals surface area contributed by atoms with Crippen LogP contribution in [-0.4, -0.2) is 53.1 Å². The predicted octanol–water partition coefficient (Wildman–Crippen LogP) is 3.68. The summed E-state index contributed by atoms with van der Waals surface area (Å²) in [5.41, 5.74) is 3.42. The molecule has 1 amide bonds. The van der Waals surface area contributed by atoms with Crippen LogP contribution in [0, 0.1) is 6.92 Å². The van der Waals surface area contributed by atoms with E-state index in [1.807, 2.05) is 48.2 Å². The zero-order valence-corrected chi connectivity index (χ0v) is 22.5. The second-order valence-electron chi connectivity index (χ2n) is 9.50. The number of ether oxygens (including phenoxy) is 1. The van der Waals surface area contributed by atoms with E-state index in [-0.39, 0.29) is 18.9 Å². The second-order valence-corrected chi connectivity index (χ2v) is 9.50. The van der Waals surface area contributed by atoms with Crippen LogP contribution in [0.25, 0.3) is 0 Å². The van der Waals surface area contributed by atoms with Gasteiger partial charge in [0.25, 0.3) is 5.56 Å². The molecule has 1 aromatic heterocycles.